The molecule has 4 nitrogen and oxygen atoms in total. The van der Waals surface area contributed by atoms with Crippen LogP contribution in [0, 0.1) is 0 Å². The minimum absolute atomic E-state index is 0.162. The molecular weight excluding hydrogens is 294 g/mol. The summed E-state index contributed by atoms with van der Waals surface area (Å²) in [6, 6.07) is 11.4. The van der Waals surface area contributed by atoms with Crippen molar-refractivity contribution in [3.05, 3.63) is 51.3 Å². The molecule has 0 bridgehead atoms. The van der Waals surface area contributed by atoms with Gasteiger partial charge in [-0.05, 0) is 24.6 Å². The Bertz CT molecular complexity index is 750. The van der Waals surface area contributed by atoms with Gasteiger partial charge in [0.15, 0.2) is 5.69 Å². The van der Waals surface area contributed by atoms with Gasteiger partial charge < -0.3 is 5.32 Å². The Balaban J connectivity index is 1.64. The van der Waals surface area contributed by atoms with E-state index in [1.54, 1.807) is 0 Å². The summed E-state index contributed by atoms with van der Waals surface area (Å²) in [4.78, 5) is 13.3. The summed E-state index contributed by atoms with van der Waals surface area (Å²) < 4.78 is 0.768. The van der Waals surface area contributed by atoms with Crippen molar-refractivity contribution in [1.82, 2.24) is 15.5 Å². The Morgan fingerprint density at radius 1 is 1.30 bits per heavy atom. The molecule has 3 aromatic rings. The first-order chi connectivity index (χ1) is 9.74. The minimum Gasteiger partial charge on any atom is -0.350 e. The molecule has 2 aromatic heterocycles. The number of rotatable bonds is 4. The van der Waals surface area contributed by atoms with Crippen molar-refractivity contribution >= 4 is 39.7 Å². The number of nitrogens with one attached hydrogen (secondary N) is 2. The van der Waals surface area contributed by atoms with E-state index in [-0.39, 0.29) is 5.91 Å². The standard InChI is InChI=1S/C14H12ClN3OS/c15-12-6-5-9(20-12)7-8-16-14(19)13-10-3-1-2-4-11(10)17-18-13/h1-6H,7-8H2,(H,16,19)(H,17,18). The third-order valence-corrected chi connectivity index (χ3v) is 4.26. The second-order valence-electron chi connectivity index (χ2n) is 4.33. The molecule has 0 spiro atoms. The summed E-state index contributed by atoms with van der Waals surface area (Å²) in [7, 11) is 0. The first-order valence-corrected chi connectivity index (χ1v) is 7.39. The molecule has 1 amide bonds. The molecular formula is C14H12ClN3OS. The van der Waals surface area contributed by atoms with Gasteiger partial charge in [-0.3, -0.25) is 9.89 Å². The zero-order valence-electron chi connectivity index (χ0n) is 10.5. The highest BCUT2D eigenvalue weighted by Crippen LogP contribution is 2.21. The molecule has 0 saturated heterocycles. The van der Waals surface area contributed by atoms with Crippen LogP contribution >= 0.6 is 22.9 Å². The third-order valence-electron chi connectivity index (χ3n) is 2.97. The van der Waals surface area contributed by atoms with E-state index in [1.807, 2.05) is 36.4 Å². The zero-order chi connectivity index (χ0) is 13.9. The summed E-state index contributed by atoms with van der Waals surface area (Å²) in [5.41, 5.74) is 1.30. The van der Waals surface area contributed by atoms with Crippen molar-refractivity contribution < 1.29 is 4.79 Å². The predicted octanol–water partition coefficient (Wildman–Crippen LogP) is 3.25. The second-order valence-corrected chi connectivity index (χ2v) is 6.13. The Morgan fingerprint density at radius 2 is 2.15 bits per heavy atom. The van der Waals surface area contributed by atoms with Gasteiger partial charge in [-0.2, -0.15) is 5.10 Å². The monoisotopic (exact) mass is 305 g/mol. The maximum absolute atomic E-state index is 12.1. The average Bonchev–Trinajstić information content (AvgIpc) is 3.05. The molecule has 0 aliphatic carbocycles. The maximum Gasteiger partial charge on any atom is 0.272 e. The van der Waals surface area contributed by atoms with Crippen molar-refractivity contribution in [3.8, 4) is 0 Å². The molecule has 2 N–H and O–H groups in total. The van der Waals surface area contributed by atoms with E-state index < -0.39 is 0 Å². The molecule has 1 aromatic carbocycles. The van der Waals surface area contributed by atoms with Crippen LogP contribution in [-0.2, 0) is 6.42 Å². The number of benzene rings is 1. The van der Waals surface area contributed by atoms with Crippen LogP contribution in [0.3, 0.4) is 0 Å². The van der Waals surface area contributed by atoms with E-state index in [0.29, 0.717) is 12.2 Å². The summed E-state index contributed by atoms with van der Waals surface area (Å²) in [6.07, 6.45) is 0.769. The molecule has 3 rings (SSSR count). The average molecular weight is 306 g/mol. The largest absolute Gasteiger partial charge is 0.350 e. The number of para-hydroxylation sites is 1. The number of aromatic nitrogens is 2. The van der Waals surface area contributed by atoms with Gasteiger partial charge in [0.1, 0.15) is 0 Å². The van der Waals surface area contributed by atoms with Crippen LogP contribution in [0.25, 0.3) is 10.9 Å². The van der Waals surface area contributed by atoms with Gasteiger partial charge in [-0.1, -0.05) is 29.8 Å². The molecule has 6 heteroatoms. The van der Waals surface area contributed by atoms with Crippen LogP contribution in [0.15, 0.2) is 36.4 Å². The van der Waals surface area contributed by atoms with Crippen molar-refractivity contribution in [2.45, 2.75) is 6.42 Å². The normalized spacial score (nSPS) is 10.8. The lowest BCUT2D eigenvalue weighted by Crippen LogP contribution is -2.26. The molecule has 0 radical (unpaired) electrons. The molecule has 2 heterocycles. The summed E-state index contributed by atoms with van der Waals surface area (Å²) in [5, 5.41) is 10.6. The van der Waals surface area contributed by atoms with Crippen LogP contribution in [0.4, 0.5) is 0 Å². The number of thiophene rings is 1. The van der Waals surface area contributed by atoms with E-state index in [9.17, 15) is 4.79 Å². The van der Waals surface area contributed by atoms with Gasteiger partial charge in [0.05, 0.1) is 9.85 Å². The van der Waals surface area contributed by atoms with Crippen LogP contribution in [0.1, 0.15) is 15.4 Å². The number of carbonyl (C=O) groups excluding carboxylic acids is 1. The molecule has 0 aliphatic heterocycles. The van der Waals surface area contributed by atoms with Crippen molar-refractivity contribution in [1.29, 1.82) is 0 Å². The van der Waals surface area contributed by atoms with Gasteiger partial charge in [0.2, 0.25) is 0 Å². The smallest absolute Gasteiger partial charge is 0.272 e. The van der Waals surface area contributed by atoms with Gasteiger partial charge >= 0.3 is 0 Å². The second kappa shape index (κ2) is 5.64. The highest BCUT2D eigenvalue weighted by molar-refractivity contribution is 7.16. The van der Waals surface area contributed by atoms with Crippen molar-refractivity contribution in [2.24, 2.45) is 0 Å². The van der Waals surface area contributed by atoms with Gasteiger partial charge in [-0.15, -0.1) is 11.3 Å². The van der Waals surface area contributed by atoms with Gasteiger partial charge in [-0.25, -0.2) is 0 Å². The lowest BCUT2D eigenvalue weighted by atomic mass is 10.2. The maximum atomic E-state index is 12.1. The molecule has 0 saturated carbocycles. The van der Waals surface area contributed by atoms with E-state index in [4.69, 9.17) is 11.6 Å². The van der Waals surface area contributed by atoms with E-state index in [0.717, 1.165) is 26.5 Å². The fourth-order valence-electron chi connectivity index (χ4n) is 2.01. The van der Waals surface area contributed by atoms with Crippen molar-refractivity contribution in [2.75, 3.05) is 6.54 Å². The van der Waals surface area contributed by atoms with Crippen LogP contribution in [-0.4, -0.2) is 22.6 Å². The molecule has 102 valence electrons. The lowest BCUT2D eigenvalue weighted by molar-refractivity contribution is 0.0951. The molecule has 0 unspecified atom stereocenters. The number of aromatic amines is 1. The topological polar surface area (TPSA) is 57.8 Å². The predicted molar refractivity (Wildman–Crippen MR) is 81.5 cm³/mol. The van der Waals surface area contributed by atoms with Gasteiger partial charge in [0, 0.05) is 16.8 Å². The third kappa shape index (κ3) is 2.69. The number of H-pyrrole nitrogens is 1. The Hall–Kier alpha value is -1.85. The summed E-state index contributed by atoms with van der Waals surface area (Å²) >= 11 is 7.40. The Labute approximate surface area is 124 Å². The highest BCUT2D eigenvalue weighted by Gasteiger charge is 2.13. The first-order valence-electron chi connectivity index (χ1n) is 6.19. The number of fused-ring (bicyclic) bond motifs is 1. The molecule has 0 fully saturated rings. The number of nitrogens with zero attached hydrogens (tertiary/aromatic N) is 1. The van der Waals surface area contributed by atoms with E-state index in [2.05, 4.69) is 15.5 Å². The summed E-state index contributed by atoms with van der Waals surface area (Å²) in [5.74, 6) is -0.162. The van der Waals surface area contributed by atoms with E-state index in [1.165, 1.54) is 11.3 Å². The minimum atomic E-state index is -0.162. The van der Waals surface area contributed by atoms with Crippen LogP contribution in [0.2, 0.25) is 4.34 Å². The Morgan fingerprint density at radius 3 is 2.95 bits per heavy atom. The Kier molecular flexibility index (Phi) is 3.71. The lowest BCUT2D eigenvalue weighted by Gasteiger charge is -2.02. The zero-order valence-corrected chi connectivity index (χ0v) is 12.1. The fraction of sp³-hybridized carbons (Fsp3) is 0.143. The number of hydrogen-bond donors (Lipinski definition) is 2. The summed E-state index contributed by atoms with van der Waals surface area (Å²) in [6.45, 7) is 0.566. The van der Waals surface area contributed by atoms with Crippen molar-refractivity contribution in [3.63, 3.8) is 0 Å². The van der Waals surface area contributed by atoms with Gasteiger partial charge in [0.25, 0.3) is 5.91 Å². The first kappa shape index (κ1) is 13.1. The number of halogens is 1. The number of hydrogen-bond acceptors (Lipinski definition) is 3. The van der Waals surface area contributed by atoms with Crippen LogP contribution < -0.4 is 5.32 Å². The molecule has 0 aliphatic rings. The molecule has 0 atom stereocenters. The van der Waals surface area contributed by atoms with Crippen LogP contribution in [0.5, 0.6) is 0 Å². The SMILES string of the molecule is O=C(NCCc1ccc(Cl)s1)c1n[nH]c2ccccc12. The molecule has 20 heavy (non-hydrogen) atoms. The fourth-order valence-corrected chi connectivity index (χ4v) is 3.09. The quantitative estimate of drug-likeness (QED) is 0.777. The number of amides is 1. The highest BCUT2D eigenvalue weighted by atomic mass is 35.5. The number of carbonyl (C=O) groups is 1. The van der Waals surface area contributed by atoms with E-state index >= 15 is 0 Å².